The summed E-state index contributed by atoms with van der Waals surface area (Å²) >= 11 is 6.09. The third kappa shape index (κ3) is 4.61. The minimum Gasteiger partial charge on any atom is -0.369 e. The highest BCUT2D eigenvalue weighted by atomic mass is 35.5. The van der Waals surface area contributed by atoms with E-state index < -0.39 is 0 Å². The number of nitrogens with one attached hydrogen (secondary N) is 1. The highest BCUT2D eigenvalue weighted by Crippen LogP contribution is 2.23. The Hall–Kier alpha value is -2.96. The van der Waals surface area contributed by atoms with Crippen LogP contribution in [0.15, 0.2) is 54.6 Å². The summed E-state index contributed by atoms with van der Waals surface area (Å²) in [7, 11) is 0. The zero-order chi connectivity index (χ0) is 21.1. The Morgan fingerprint density at radius 3 is 2.70 bits per heavy atom. The van der Waals surface area contributed by atoms with E-state index in [0.717, 1.165) is 36.9 Å². The fourth-order valence-electron chi connectivity index (χ4n) is 3.91. The van der Waals surface area contributed by atoms with Gasteiger partial charge >= 0.3 is 0 Å². The molecule has 0 saturated carbocycles. The van der Waals surface area contributed by atoms with Gasteiger partial charge in [0.05, 0.1) is 17.0 Å². The van der Waals surface area contributed by atoms with E-state index in [2.05, 4.69) is 15.2 Å². The molecule has 30 heavy (non-hydrogen) atoms. The normalized spacial score (nSPS) is 17.0. The average Bonchev–Trinajstić information content (AvgIpc) is 2.74. The van der Waals surface area contributed by atoms with Gasteiger partial charge in [0.25, 0.3) is 5.91 Å². The number of nitrogens with zero attached hydrogens (tertiary/aromatic N) is 2. The van der Waals surface area contributed by atoms with E-state index in [1.807, 2.05) is 48.5 Å². The predicted molar refractivity (Wildman–Crippen MR) is 118 cm³/mol. The van der Waals surface area contributed by atoms with E-state index in [1.54, 1.807) is 6.07 Å². The summed E-state index contributed by atoms with van der Waals surface area (Å²) in [6.07, 6.45) is 1.84. The third-order valence-corrected chi connectivity index (χ3v) is 5.65. The fraction of sp³-hybridized carbons (Fsp3) is 0.261. The van der Waals surface area contributed by atoms with Gasteiger partial charge in [0.15, 0.2) is 0 Å². The highest BCUT2D eigenvalue weighted by molar-refractivity contribution is 6.30. The number of hydrogen-bond donors (Lipinski definition) is 2. The van der Waals surface area contributed by atoms with Crippen LogP contribution in [0.5, 0.6) is 0 Å². The molecule has 0 bridgehead atoms. The van der Waals surface area contributed by atoms with Gasteiger partial charge in [0, 0.05) is 24.2 Å². The quantitative estimate of drug-likeness (QED) is 0.611. The summed E-state index contributed by atoms with van der Waals surface area (Å²) in [4.78, 5) is 30.8. The van der Waals surface area contributed by atoms with Crippen LogP contribution in [-0.4, -0.2) is 34.8 Å². The van der Waals surface area contributed by atoms with Crippen molar-refractivity contribution in [3.63, 3.8) is 0 Å². The molecule has 1 aliphatic rings. The molecule has 2 heterocycles. The standard InChI is InChI=1S/C23H23ClN4O2/c24-21-12-19(18-5-1-2-6-20(18)27-21)23(30)26-17-9-7-15(8-10-17)13-28-11-3-4-16(14-28)22(25)29/h1-2,5-10,12,16H,3-4,11,13-14H2,(H2,25,29)(H,26,30). The lowest BCUT2D eigenvalue weighted by Crippen LogP contribution is -2.40. The van der Waals surface area contributed by atoms with Crippen molar-refractivity contribution >= 4 is 40.0 Å². The summed E-state index contributed by atoms with van der Waals surface area (Å²) in [5.41, 5.74) is 8.46. The molecule has 1 unspecified atom stereocenters. The molecule has 0 spiro atoms. The third-order valence-electron chi connectivity index (χ3n) is 5.46. The van der Waals surface area contributed by atoms with Gasteiger partial charge in [-0.15, -0.1) is 0 Å². The molecule has 2 aromatic carbocycles. The number of halogens is 1. The number of piperidine rings is 1. The number of benzene rings is 2. The van der Waals surface area contributed by atoms with Gasteiger partial charge in [-0.2, -0.15) is 0 Å². The van der Waals surface area contributed by atoms with Gasteiger partial charge in [-0.1, -0.05) is 41.9 Å². The largest absolute Gasteiger partial charge is 0.369 e. The van der Waals surface area contributed by atoms with E-state index in [9.17, 15) is 9.59 Å². The highest BCUT2D eigenvalue weighted by Gasteiger charge is 2.23. The number of fused-ring (bicyclic) bond motifs is 1. The Morgan fingerprint density at radius 2 is 1.93 bits per heavy atom. The second kappa shape index (κ2) is 8.81. The maximum atomic E-state index is 12.8. The van der Waals surface area contributed by atoms with Crippen molar-refractivity contribution in [1.29, 1.82) is 0 Å². The second-order valence-corrected chi connectivity index (χ2v) is 8.02. The number of anilines is 1. The van der Waals surface area contributed by atoms with Crippen LogP contribution >= 0.6 is 11.6 Å². The second-order valence-electron chi connectivity index (χ2n) is 7.64. The molecule has 1 atom stereocenters. The zero-order valence-electron chi connectivity index (χ0n) is 16.5. The van der Waals surface area contributed by atoms with Crippen molar-refractivity contribution in [3.05, 3.63) is 70.9 Å². The maximum absolute atomic E-state index is 12.8. The number of aromatic nitrogens is 1. The van der Waals surface area contributed by atoms with E-state index in [-0.39, 0.29) is 22.9 Å². The van der Waals surface area contributed by atoms with Gasteiger partial charge in [0.2, 0.25) is 5.91 Å². The van der Waals surface area contributed by atoms with Crippen LogP contribution in [0.2, 0.25) is 5.15 Å². The molecule has 1 aromatic heterocycles. The SMILES string of the molecule is NC(=O)C1CCCN(Cc2ccc(NC(=O)c3cc(Cl)nc4ccccc34)cc2)C1. The average molecular weight is 423 g/mol. The summed E-state index contributed by atoms with van der Waals surface area (Å²) in [5.74, 6) is -0.524. The van der Waals surface area contributed by atoms with Gasteiger partial charge in [-0.25, -0.2) is 4.98 Å². The van der Waals surface area contributed by atoms with Crippen LogP contribution in [0, 0.1) is 5.92 Å². The number of pyridine rings is 1. The number of para-hydroxylation sites is 1. The van der Waals surface area contributed by atoms with Crippen molar-refractivity contribution < 1.29 is 9.59 Å². The molecule has 1 saturated heterocycles. The lowest BCUT2D eigenvalue weighted by atomic mass is 9.97. The molecule has 0 aliphatic carbocycles. The molecule has 4 rings (SSSR count). The summed E-state index contributed by atoms with van der Waals surface area (Å²) in [6.45, 7) is 2.41. The number of carbonyl (C=O) groups excluding carboxylic acids is 2. The van der Waals surface area contributed by atoms with Crippen molar-refractivity contribution in [2.24, 2.45) is 11.7 Å². The molecule has 0 radical (unpaired) electrons. The number of primary amides is 1. The topological polar surface area (TPSA) is 88.3 Å². The Bertz CT molecular complexity index is 1080. The zero-order valence-corrected chi connectivity index (χ0v) is 17.2. The number of likely N-dealkylation sites (tertiary alicyclic amines) is 1. The maximum Gasteiger partial charge on any atom is 0.256 e. The van der Waals surface area contributed by atoms with E-state index >= 15 is 0 Å². The van der Waals surface area contributed by atoms with E-state index in [0.29, 0.717) is 23.3 Å². The molecule has 7 heteroatoms. The van der Waals surface area contributed by atoms with E-state index in [4.69, 9.17) is 17.3 Å². The summed E-state index contributed by atoms with van der Waals surface area (Å²) in [6, 6.07) is 16.7. The van der Waals surface area contributed by atoms with Crippen LogP contribution in [0.25, 0.3) is 10.9 Å². The molecular formula is C23H23ClN4O2. The summed E-state index contributed by atoms with van der Waals surface area (Å²) in [5, 5.41) is 3.97. The number of rotatable bonds is 5. The van der Waals surface area contributed by atoms with Crippen LogP contribution in [-0.2, 0) is 11.3 Å². The lowest BCUT2D eigenvalue weighted by Gasteiger charge is -2.31. The molecule has 3 N–H and O–H groups in total. The van der Waals surface area contributed by atoms with Crippen LogP contribution < -0.4 is 11.1 Å². The fourth-order valence-corrected chi connectivity index (χ4v) is 4.11. The van der Waals surface area contributed by atoms with E-state index in [1.165, 1.54) is 0 Å². The van der Waals surface area contributed by atoms with Crippen molar-refractivity contribution in [3.8, 4) is 0 Å². The number of nitrogens with two attached hydrogens (primary N) is 1. The van der Waals surface area contributed by atoms with Crippen LogP contribution in [0.1, 0.15) is 28.8 Å². The molecule has 2 amide bonds. The number of amides is 2. The monoisotopic (exact) mass is 422 g/mol. The molecule has 6 nitrogen and oxygen atoms in total. The molecule has 3 aromatic rings. The smallest absolute Gasteiger partial charge is 0.256 e. The van der Waals surface area contributed by atoms with Crippen LogP contribution in [0.3, 0.4) is 0 Å². The van der Waals surface area contributed by atoms with Gasteiger partial charge in [-0.3, -0.25) is 14.5 Å². The number of carbonyl (C=O) groups is 2. The first kappa shape index (κ1) is 20.3. The Balaban J connectivity index is 1.44. The molecular weight excluding hydrogens is 400 g/mol. The lowest BCUT2D eigenvalue weighted by molar-refractivity contribution is -0.123. The first-order valence-electron chi connectivity index (χ1n) is 9.97. The minimum absolute atomic E-state index is 0.0701. The summed E-state index contributed by atoms with van der Waals surface area (Å²) < 4.78 is 0. The number of hydrogen-bond acceptors (Lipinski definition) is 4. The Kier molecular flexibility index (Phi) is 5.97. The molecule has 1 aliphatic heterocycles. The Labute approximate surface area is 180 Å². The minimum atomic E-state index is -0.233. The van der Waals surface area contributed by atoms with Crippen LogP contribution in [0.4, 0.5) is 5.69 Å². The Morgan fingerprint density at radius 1 is 1.17 bits per heavy atom. The molecule has 154 valence electrons. The predicted octanol–water partition coefficient (Wildman–Crippen LogP) is 3.84. The first-order chi connectivity index (χ1) is 14.5. The molecule has 1 fully saturated rings. The van der Waals surface area contributed by atoms with Gasteiger partial charge < -0.3 is 11.1 Å². The van der Waals surface area contributed by atoms with Gasteiger partial charge in [-0.05, 0) is 49.2 Å². The van der Waals surface area contributed by atoms with Gasteiger partial charge in [0.1, 0.15) is 5.15 Å². The first-order valence-corrected chi connectivity index (χ1v) is 10.3. The van der Waals surface area contributed by atoms with Crippen molar-refractivity contribution in [2.45, 2.75) is 19.4 Å². The van der Waals surface area contributed by atoms with Crippen molar-refractivity contribution in [1.82, 2.24) is 9.88 Å². The van der Waals surface area contributed by atoms with Crippen molar-refractivity contribution in [2.75, 3.05) is 18.4 Å².